The Morgan fingerprint density at radius 3 is 2.00 bits per heavy atom. The molecule has 2 N–H and O–H groups in total. The number of halogens is 1. The van der Waals surface area contributed by atoms with Gasteiger partial charge in [0.1, 0.15) is 11.6 Å². The first-order valence-electron chi connectivity index (χ1n) is 8.21. The van der Waals surface area contributed by atoms with E-state index in [9.17, 15) is 17.6 Å². The van der Waals surface area contributed by atoms with Gasteiger partial charge in [-0.1, -0.05) is 0 Å². The van der Waals surface area contributed by atoms with Crippen LogP contribution in [0.4, 0.5) is 15.8 Å². The van der Waals surface area contributed by atoms with Gasteiger partial charge in [-0.2, -0.15) is 0 Å². The third-order valence-electron chi connectivity index (χ3n) is 3.87. The van der Waals surface area contributed by atoms with Crippen molar-refractivity contribution in [1.82, 2.24) is 0 Å². The van der Waals surface area contributed by atoms with Crippen molar-refractivity contribution in [3.05, 3.63) is 84.2 Å². The number of nitrogens with one attached hydrogen (secondary N) is 2. The zero-order chi connectivity index (χ0) is 20.1. The zero-order valence-corrected chi connectivity index (χ0v) is 15.7. The van der Waals surface area contributed by atoms with E-state index in [2.05, 4.69) is 10.0 Å². The minimum atomic E-state index is -3.78. The van der Waals surface area contributed by atoms with Crippen molar-refractivity contribution in [2.75, 3.05) is 17.1 Å². The standard InChI is InChI=1S/C20H17FN2O4S/c1-27-18-10-6-17(7-11-18)23-28(25,26)19-12-8-16(9-13-19)22-20(24)14-2-4-15(21)5-3-14/h2-13,23H,1H3,(H,22,24). The van der Waals surface area contributed by atoms with Gasteiger partial charge < -0.3 is 10.1 Å². The summed E-state index contributed by atoms with van der Waals surface area (Å²) in [5.41, 5.74) is 1.10. The van der Waals surface area contributed by atoms with Crippen molar-refractivity contribution in [2.24, 2.45) is 0 Å². The second-order valence-electron chi connectivity index (χ2n) is 5.82. The molecule has 0 heterocycles. The molecule has 144 valence electrons. The van der Waals surface area contributed by atoms with Crippen LogP contribution in [0.2, 0.25) is 0 Å². The van der Waals surface area contributed by atoms with Gasteiger partial charge in [0, 0.05) is 16.9 Å². The average Bonchev–Trinajstić information content (AvgIpc) is 2.69. The van der Waals surface area contributed by atoms with E-state index in [1.807, 2.05) is 0 Å². The molecule has 1 amide bonds. The molecular formula is C20H17FN2O4S. The lowest BCUT2D eigenvalue weighted by molar-refractivity contribution is 0.102. The fraction of sp³-hybridized carbons (Fsp3) is 0.0500. The highest BCUT2D eigenvalue weighted by Crippen LogP contribution is 2.21. The van der Waals surface area contributed by atoms with E-state index in [0.717, 1.165) is 0 Å². The molecule has 28 heavy (non-hydrogen) atoms. The van der Waals surface area contributed by atoms with Crippen LogP contribution in [0.3, 0.4) is 0 Å². The van der Waals surface area contributed by atoms with Crippen LogP contribution in [-0.2, 0) is 10.0 Å². The van der Waals surface area contributed by atoms with Gasteiger partial charge in [0.05, 0.1) is 12.0 Å². The molecule has 0 aliphatic carbocycles. The zero-order valence-electron chi connectivity index (χ0n) is 14.8. The summed E-state index contributed by atoms with van der Waals surface area (Å²) in [5.74, 6) is -0.244. The summed E-state index contributed by atoms with van der Waals surface area (Å²) < 4.78 is 45.4. The molecule has 0 aliphatic heterocycles. The number of hydrogen-bond acceptors (Lipinski definition) is 4. The third kappa shape index (κ3) is 4.66. The van der Waals surface area contributed by atoms with E-state index in [1.54, 1.807) is 24.3 Å². The Labute approximate surface area is 162 Å². The summed E-state index contributed by atoms with van der Waals surface area (Å²) >= 11 is 0. The molecule has 3 aromatic carbocycles. The molecule has 0 atom stereocenters. The van der Waals surface area contributed by atoms with Crippen LogP contribution < -0.4 is 14.8 Å². The monoisotopic (exact) mass is 400 g/mol. The second kappa shape index (κ2) is 8.10. The lowest BCUT2D eigenvalue weighted by Crippen LogP contribution is -2.14. The van der Waals surface area contributed by atoms with Crippen molar-refractivity contribution < 1.29 is 22.3 Å². The Hall–Kier alpha value is -3.39. The summed E-state index contributed by atoms with van der Waals surface area (Å²) in [4.78, 5) is 12.2. The van der Waals surface area contributed by atoms with E-state index in [0.29, 0.717) is 22.7 Å². The lowest BCUT2D eigenvalue weighted by Gasteiger charge is -2.10. The Kier molecular flexibility index (Phi) is 5.60. The number of methoxy groups -OCH3 is 1. The van der Waals surface area contributed by atoms with Crippen LogP contribution in [0.25, 0.3) is 0 Å². The van der Waals surface area contributed by atoms with Crippen molar-refractivity contribution >= 4 is 27.3 Å². The molecule has 3 rings (SSSR count). The number of amides is 1. The number of rotatable bonds is 6. The van der Waals surface area contributed by atoms with Gasteiger partial charge in [-0.3, -0.25) is 9.52 Å². The molecule has 0 aromatic heterocycles. The maximum Gasteiger partial charge on any atom is 0.261 e. The van der Waals surface area contributed by atoms with Crippen LogP contribution in [0.15, 0.2) is 77.7 Å². The average molecular weight is 400 g/mol. The Morgan fingerprint density at radius 2 is 1.43 bits per heavy atom. The quantitative estimate of drug-likeness (QED) is 0.658. The number of sulfonamides is 1. The van der Waals surface area contributed by atoms with Gasteiger partial charge in [0.15, 0.2) is 0 Å². The maximum absolute atomic E-state index is 12.9. The number of carbonyl (C=O) groups is 1. The van der Waals surface area contributed by atoms with Crippen molar-refractivity contribution in [3.8, 4) is 5.75 Å². The molecule has 0 bridgehead atoms. The van der Waals surface area contributed by atoms with E-state index < -0.39 is 21.7 Å². The van der Waals surface area contributed by atoms with E-state index >= 15 is 0 Å². The van der Waals surface area contributed by atoms with Crippen molar-refractivity contribution in [1.29, 1.82) is 0 Å². The van der Waals surface area contributed by atoms with Gasteiger partial charge in [0.2, 0.25) is 0 Å². The first-order valence-corrected chi connectivity index (χ1v) is 9.69. The molecule has 8 heteroatoms. The molecular weight excluding hydrogens is 383 g/mol. The number of carbonyl (C=O) groups excluding carboxylic acids is 1. The Balaban J connectivity index is 1.70. The summed E-state index contributed by atoms with van der Waals surface area (Å²) in [5, 5.41) is 2.63. The van der Waals surface area contributed by atoms with Crippen molar-refractivity contribution in [2.45, 2.75) is 4.90 Å². The molecule has 0 aliphatic rings. The number of benzene rings is 3. The first-order chi connectivity index (χ1) is 13.4. The Bertz CT molecular complexity index is 1060. The predicted octanol–water partition coefficient (Wildman–Crippen LogP) is 3.89. The van der Waals surface area contributed by atoms with Crippen LogP contribution in [0, 0.1) is 5.82 Å². The van der Waals surface area contributed by atoms with Crippen molar-refractivity contribution in [3.63, 3.8) is 0 Å². The maximum atomic E-state index is 12.9. The topological polar surface area (TPSA) is 84.5 Å². The molecule has 6 nitrogen and oxygen atoms in total. The fourth-order valence-electron chi connectivity index (χ4n) is 2.40. The highest BCUT2D eigenvalue weighted by atomic mass is 32.2. The summed E-state index contributed by atoms with van der Waals surface area (Å²) in [6, 6.07) is 17.3. The van der Waals surface area contributed by atoms with Gasteiger partial charge in [-0.05, 0) is 72.8 Å². The predicted molar refractivity (Wildman–Crippen MR) is 105 cm³/mol. The van der Waals surface area contributed by atoms with E-state index in [4.69, 9.17) is 4.74 Å². The van der Waals surface area contributed by atoms with Gasteiger partial charge >= 0.3 is 0 Å². The first kappa shape index (κ1) is 19.4. The summed E-state index contributed by atoms with van der Waals surface area (Å²) in [6.45, 7) is 0. The molecule has 0 fully saturated rings. The molecule has 0 radical (unpaired) electrons. The second-order valence-corrected chi connectivity index (χ2v) is 7.50. The fourth-order valence-corrected chi connectivity index (χ4v) is 3.45. The van der Waals surface area contributed by atoms with Gasteiger partial charge in [-0.15, -0.1) is 0 Å². The van der Waals surface area contributed by atoms with E-state index in [1.165, 1.54) is 55.6 Å². The third-order valence-corrected chi connectivity index (χ3v) is 5.27. The van der Waals surface area contributed by atoms with Crippen LogP contribution >= 0.6 is 0 Å². The van der Waals surface area contributed by atoms with Gasteiger partial charge in [0.25, 0.3) is 15.9 Å². The van der Waals surface area contributed by atoms with E-state index in [-0.39, 0.29) is 4.90 Å². The van der Waals surface area contributed by atoms with Crippen LogP contribution in [-0.4, -0.2) is 21.4 Å². The molecule has 3 aromatic rings. The number of anilines is 2. The van der Waals surface area contributed by atoms with Crippen LogP contribution in [0.5, 0.6) is 5.75 Å². The number of hydrogen-bond donors (Lipinski definition) is 2. The SMILES string of the molecule is COc1ccc(NS(=O)(=O)c2ccc(NC(=O)c3ccc(F)cc3)cc2)cc1. The lowest BCUT2D eigenvalue weighted by atomic mass is 10.2. The summed E-state index contributed by atoms with van der Waals surface area (Å²) in [6.07, 6.45) is 0. The summed E-state index contributed by atoms with van der Waals surface area (Å²) in [7, 11) is -2.26. The van der Waals surface area contributed by atoms with Gasteiger partial charge in [-0.25, -0.2) is 12.8 Å². The minimum absolute atomic E-state index is 0.0445. The largest absolute Gasteiger partial charge is 0.497 e. The molecule has 0 saturated carbocycles. The number of ether oxygens (including phenoxy) is 1. The smallest absolute Gasteiger partial charge is 0.261 e. The molecule has 0 saturated heterocycles. The Morgan fingerprint density at radius 1 is 0.857 bits per heavy atom. The molecule has 0 spiro atoms. The highest BCUT2D eigenvalue weighted by Gasteiger charge is 2.15. The minimum Gasteiger partial charge on any atom is -0.497 e. The van der Waals surface area contributed by atoms with Crippen LogP contribution in [0.1, 0.15) is 10.4 Å². The molecule has 0 unspecified atom stereocenters. The normalized spacial score (nSPS) is 10.9. The highest BCUT2D eigenvalue weighted by molar-refractivity contribution is 7.92.